The van der Waals surface area contributed by atoms with Crippen LogP contribution in [0.25, 0.3) is 0 Å². The van der Waals surface area contributed by atoms with Crippen molar-refractivity contribution in [1.82, 2.24) is 20.1 Å². The van der Waals surface area contributed by atoms with E-state index in [1.54, 1.807) is 12.4 Å². The van der Waals surface area contributed by atoms with E-state index < -0.39 is 0 Å². The molecule has 4 heterocycles. The number of nitrogens with two attached hydrogens (primary N) is 1. The van der Waals surface area contributed by atoms with Crippen LogP contribution in [0.2, 0.25) is 0 Å². The molecule has 2 aliphatic heterocycles. The first kappa shape index (κ1) is 22.6. The molecule has 0 amide bonds. The third-order valence-electron chi connectivity index (χ3n) is 6.81. The molecule has 0 aliphatic carbocycles. The normalized spacial score (nSPS) is 21.4. The number of hydrogen-bond donors (Lipinski definition) is 1. The molecule has 180 valence electrons. The van der Waals surface area contributed by atoms with E-state index in [0.717, 1.165) is 44.8 Å². The summed E-state index contributed by atoms with van der Waals surface area (Å²) < 4.78 is 11.4. The Kier molecular flexibility index (Phi) is 6.62. The zero-order valence-electron chi connectivity index (χ0n) is 19.9. The van der Waals surface area contributed by atoms with Gasteiger partial charge in [0.2, 0.25) is 5.95 Å². The number of piperidine rings is 1. The molecule has 1 aromatic carbocycles. The standard InChI is InChI=1S/C25H33N7O2/c1-17(2)23-29-25(34-30-23)31-10-8-18(9-11-31)16-33-20-12-27-24(28-13-20)32-14-21(22(26)15-32)19-6-4-3-5-7-19/h3-7,12-13,17-18,21-22H,8-11,14-16,26H2,1-2H3/t21-,22?/m1/s1. The highest BCUT2D eigenvalue weighted by molar-refractivity contribution is 5.38. The molecule has 2 N–H and O–H groups in total. The van der Waals surface area contributed by atoms with Crippen molar-refractivity contribution in [2.45, 2.75) is 44.6 Å². The van der Waals surface area contributed by atoms with Crippen molar-refractivity contribution in [3.8, 4) is 5.75 Å². The lowest BCUT2D eigenvalue weighted by atomic mass is 9.95. The van der Waals surface area contributed by atoms with Crippen molar-refractivity contribution in [2.75, 3.05) is 42.6 Å². The molecule has 2 saturated heterocycles. The number of anilines is 2. The topological polar surface area (TPSA) is 106 Å². The van der Waals surface area contributed by atoms with Crippen LogP contribution in [-0.2, 0) is 0 Å². The van der Waals surface area contributed by atoms with Gasteiger partial charge < -0.3 is 24.8 Å². The van der Waals surface area contributed by atoms with Crippen molar-refractivity contribution < 1.29 is 9.26 Å². The van der Waals surface area contributed by atoms with E-state index in [1.165, 1.54) is 5.56 Å². The first-order chi connectivity index (χ1) is 16.6. The van der Waals surface area contributed by atoms with Gasteiger partial charge in [0.1, 0.15) is 0 Å². The Hall–Kier alpha value is -3.20. The summed E-state index contributed by atoms with van der Waals surface area (Å²) in [6.07, 6.45) is 5.57. The lowest BCUT2D eigenvalue weighted by Crippen LogP contribution is -2.35. The molecule has 2 atom stereocenters. The molecule has 9 nitrogen and oxygen atoms in total. The van der Waals surface area contributed by atoms with Gasteiger partial charge in [0.25, 0.3) is 0 Å². The Morgan fingerprint density at radius 1 is 1.06 bits per heavy atom. The molecule has 2 aliphatic rings. The Bertz CT molecular complexity index is 1050. The van der Waals surface area contributed by atoms with Crippen LogP contribution in [0.1, 0.15) is 49.9 Å². The molecule has 2 fully saturated rings. The average Bonchev–Trinajstić information content (AvgIpc) is 3.52. The van der Waals surface area contributed by atoms with Gasteiger partial charge in [-0.15, -0.1) is 0 Å². The quantitative estimate of drug-likeness (QED) is 0.565. The molecule has 9 heteroatoms. The number of rotatable bonds is 7. The maximum absolute atomic E-state index is 6.42. The van der Waals surface area contributed by atoms with Crippen molar-refractivity contribution in [1.29, 1.82) is 0 Å². The summed E-state index contributed by atoms with van der Waals surface area (Å²) in [5.74, 6) is 3.20. The lowest BCUT2D eigenvalue weighted by Gasteiger charge is -2.30. The fourth-order valence-electron chi connectivity index (χ4n) is 4.69. The molecule has 2 aromatic heterocycles. The minimum Gasteiger partial charge on any atom is -0.490 e. The molecule has 34 heavy (non-hydrogen) atoms. The second-order valence-electron chi connectivity index (χ2n) is 9.64. The Labute approximate surface area is 200 Å². The van der Waals surface area contributed by atoms with Crippen molar-refractivity contribution in [3.63, 3.8) is 0 Å². The molecule has 0 radical (unpaired) electrons. The molecular weight excluding hydrogens is 430 g/mol. The van der Waals surface area contributed by atoms with Crippen molar-refractivity contribution in [2.24, 2.45) is 11.7 Å². The summed E-state index contributed by atoms with van der Waals surface area (Å²) in [6.45, 7) is 8.13. The smallest absolute Gasteiger partial charge is 0.324 e. The van der Waals surface area contributed by atoms with E-state index in [2.05, 4.69) is 68.0 Å². The summed E-state index contributed by atoms with van der Waals surface area (Å²) in [4.78, 5) is 17.9. The van der Waals surface area contributed by atoms with Crippen LogP contribution in [0, 0.1) is 5.92 Å². The average molecular weight is 464 g/mol. The molecule has 0 saturated carbocycles. The molecule has 5 rings (SSSR count). The summed E-state index contributed by atoms with van der Waals surface area (Å²) >= 11 is 0. The maximum atomic E-state index is 6.42. The van der Waals surface area contributed by atoms with E-state index >= 15 is 0 Å². The van der Waals surface area contributed by atoms with Gasteiger partial charge in [-0.05, 0) is 24.3 Å². The number of hydrogen-bond acceptors (Lipinski definition) is 9. The fraction of sp³-hybridized carbons (Fsp3) is 0.520. The number of nitrogens with zero attached hydrogens (tertiary/aromatic N) is 6. The van der Waals surface area contributed by atoms with Crippen molar-refractivity contribution in [3.05, 3.63) is 54.1 Å². The zero-order valence-corrected chi connectivity index (χ0v) is 19.9. The van der Waals surface area contributed by atoms with E-state index in [-0.39, 0.29) is 17.9 Å². The SMILES string of the molecule is CC(C)c1noc(N2CCC(COc3cnc(N4CC(N)[C@@H](c5ccccc5)C4)nc3)CC2)n1. The van der Waals surface area contributed by atoms with Gasteiger partial charge in [0.05, 0.1) is 19.0 Å². The highest BCUT2D eigenvalue weighted by Crippen LogP contribution is 2.29. The Morgan fingerprint density at radius 2 is 1.79 bits per heavy atom. The third kappa shape index (κ3) is 4.99. The fourth-order valence-corrected chi connectivity index (χ4v) is 4.69. The number of benzene rings is 1. The van der Waals surface area contributed by atoms with Gasteiger partial charge in [-0.2, -0.15) is 4.98 Å². The molecular formula is C25H33N7O2. The van der Waals surface area contributed by atoms with Crippen molar-refractivity contribution >= 4 is 12.0 Å². The lowest BCUT2D eigenvalue weighted by molar-refractivity contribution is 0.219. The highest BCUT2D eigenvalue weighted by atomic mass is 16.5. The van der Waals surface area contributed by atoms with Gasteiger partial charge in [0, 0.05) is 44.1 Å². The second-order valence-corrected chi connectivity index (χ2v) is 9.64. The van der Waals surface area contributed by atoms with E-state index in [9.17, 15) is 0 Å². The monoisotopic (exact) mass is 463 g/mol. The highest BCUT2D eigenvalue weighted by Gasteiger charge is 2.32. The summed E-state index contributed by atoms with van der Waals surface area (Å²) in [5.41, 5.74) is 7.69. The first-order valence-electron chi connectivity index (χ1n) is 12.2. The predicted octanol–water partition coefficient (Wildman–Crippen LogP) is 3.21. The van der Waals surface area contributed by atoms with Gasteiger partial charge in [-0.3, -0.25) is 0 Å². The maximum Gasteiger partial charge on any atom is 0.324 e. The van der Waals surface area contributed by atoms with E-state index in [4.69, 9.17) is 15.0 Å². The predicted molar refractivity (Wildman–Crippen MR) is 130 cm³/mol. The molecule has 0 bridgehead atoms. The van der Waals surface area contributed by atoms with Crippen LogP contribution in [0.3, 0.4) is 0 Å². The van der Waals surface area contributed by atoms with Crippen LogP contribution < -0.4 is 20.3 Å². The molecule has 0 spiro atoms. The second kappa shape index (κ2) is 9.97. The minimum absolute atomic E-state index is 0.0666. The summed E-state index contributed by atoms with van der Waals surface area (Å²) in [7, 11) is 0. The Balaban J connectivity index is 1.10. The van der Waals surface area contributed by atoms with Gasteiger partial charge >= 0.3 is 6.01 Å². The van der Waals surface area contributed by atoms with Gasteiger partial charge in [0.15, 0.2) is 11.6 Å². The van der Waals surface area contributed by atoms with E-state index in [1.807, 2.05) is 6.07 Å². The summed E-state index contributed by atoms with van der Waals surface area (Å²) in [5, 5.41) is 4.07. The van der Waals surface area contributed by atoms with Crippen LogP contribution in [0.5, 0.6) is 5.75 Å². The number of ether oxygens (including phenoxy) is 1. The van der Waals surface area contributed by atoms with Crippen LogP contribution in [0.4, 0.5) is 12.0 Å². The van der Waals surface area contributed by atoms with Crippen LogP contribution in [0.15, 0.2) is 47.2 Å². The Morgan fingerprint density at radius 3 is 2.47 bits per heavy atom. The van der Waals surface area contributed by atoms with Crippen LogP contribution >= 0.6 is 0 Å². The van der Waals surface area contributed by atoms with E-state index in [0.29, 0.717) is 30.2 Å². The van der Waals surface area contributed by atoms with Gasteiger partial charge in [-0.1, -0.05) is 49.3 Å². The zero-order chi connectivity index (χ0) is 23.5. The molecule has 3 aromatic rings. The van der Waals surface area contributed by atoms with Gasteiger partial charge in [-0.25, -0.2) is 9.97 Å². The minimum atomic E-state index is 0.0666. The molecule has 1 unspecified atom stereocenters. The summed E-state index contributed by atoms with van der Waals surface area (Å²) in [6, 6.07) is 11.1. The van der Waals surface area contributed by atoms with Crippen LogP contribution in [-0.4, -0.2) is 58.9 Å². The first-order valence-corrected chi connectivity index (χ1v) is 12.2. The number of aromatic nitrogens is 4. The third-order valence-corrected chi connectivity index (χ3v) is 6.81. The largest absolute Gasteiger partial charge is 0.490 e.